The maximum absolute atomic E-state index is 10.5. The van der Waals surface area contributed by atoms with Crippen molar-refractivity contribution in [2.24, 2.45) is 16.0 Å². The van der Waals surface area contributed by atoms with E-state index in [9.17, 15) is 9.59 Å². The van der Waals surface area contributed by atoms with Crippen molar-refractivity contribution in [3.63, 3.8) is 0 Å². The highest BCUT2D eigenvalue weighted by Crippen LogP contribution is 2.27. The van der Waals surface area contributed by atoms with Crippen molar-refractivity contribution in [3.8, 4) is 0 Å². The van der Waals surface area contributed by atoms with Crippen LogP contribution in [0.3, 0.4) is 0 Å². The second kappa shape index (κ2) is 1.37. The standard InChI is InChI=1S/C4H5N3O2/c1-2(8)4(3(5)9)6-7-4/h1H3,(H2,5,9). The number of nitrogens with zero attached hydrogens (tertiary/aromatic N) is 2. The Morgan fingerprint density at radius 2 is 1.89 bits per heavy atom. The van der Waals surface area contributed by atoms with Crippen LogP contribution >= 0.6 is 0 Å². The topological polar surface area (TPSA) is 84.9 Å². The SMILES string of the molecule is CC(=O)C1(C(N)=O)N=N1. The zero-order valence-electron chi connectivity index (χ0n) is 4.79. The van der Waals surface area contributed by atoms with E-state index >= 15 is 0 Å². The molecule has 1 heterocycles. The van der Waals surface area contributed by atoms with Gasteiger partial charge >= 0.3 is 5.66 Å². The number of Topliss-reactive ketones (excluding diaryl/α,β-unsaturated/α-hetero) is 1. The molecule has 0 unspecified atom stereocenters. The van der Waals surface area contributed by atoms with Crippen LogP contribution in [-0.4, -0.2) is 17.4 Å². The molecule has 9 heavy (non-hydrogen) atoms. The van der Waals surface area contributed by atoms with Crippen molar-refractivity contribution < 1.29 is 9.59 Å². The van der Waals surface area contributed by atoms with E-state index in [4.69, 9.17) is 5.73 Å². The first-order valence-corrected chi connectivity index (χ1v) is 2.34. The van der Waals surface area contributed by atoms with Crippen LogP contribution in [0.5, 0.6) is 0 Å². The van der Waals surface area contributed by atoms with Gasteiger partial charge in [-0.2, -0.15) is 0 Å². The van der Waals surface area contributed by atoms with E-state index in [1.165, 1.54) is 6.92 Å². The number of primary amides is 1. The van der Waals surface area contributed by atoms with Crippen molar-refractivity contribution in [2.75, 3.05) is 0 Å². The first kappa shape index (κ1) is 5.87. The lowest BCUT2D eigenvalue weighted by molar-refractivity contribution is -0.129. The van der Waals surface area contributed by atoms with Gasteiger partial charge in [-0.1, -0.05) is 0 Å². The molecule has 0 bridgehead atoms. The summed E-state index contributed by atoms with van der Waals surface area (Å²) in [4.78, 5) is 20.8. The fourth-order valence-electron chi connectivity index (χ4n) is 0.463. The van der Waals surface area contributed by atoms with Gasteiger partial charge in [-0.25, -0.2) is 0 Å². The zero-order valence-corrected chi connectivity index (χ0v) is 4.79. The molecule has 1 amide bonds. The highest BCUT2D eigenvalue weighted by molar-refractivity contribution is 6.10. The maximum Gasteiger partial charge on any atom is 0.324 e. The largest absolute Gasteiger partial charge is 0.365 e. The van der Waals surface area contributed by atoms with Crippen LogP contribution in [0.1, 0.15) is 6.92 Å². The van der Waals surface area contributed by atoms with Crippen LogP contribution in [0.2, 0.25) is 0 Å². The minimum absolute atomic E-state index is 0.421. The summed E-state index contributed by atoms with van der Waals surface area (Å²) < 4.78 is 0. The molecule has 5 heteroatoms. The van der Waals surface area contributed by atoms with E-state index in [-0.39, 0.29) is 0 Å². The minimum atomic E-state index is -1.50. The van der Waals surface area contributed by atoms with Gasteiger partial charge in [0.05, 0.1) is 0 Å². The van der Waals surface area contributed by atoms with Gasteiger partial charge in [0, 0.05) is 0 Å². The van der Waals surface area contributed by atoms with E-state index in [2.05, 4.69) is 10.2 Å². The molecule has 1 aliphatic rings. The number of amides is 1. The summed E-state index contributed by atoms with van der Waals surface area (Å²) in [5.74, 6) is -1.22. The van der Waals surface area contributed by atoms with Gasteiger partial charge in [0.15, 0.2) is 5.78 Å². The summed E-state index contributed by atoms with van der Waals surface area (Å²) >= 11 is 0. The van der Waals surface area contributed by atoms with Crippen LogP contribution in [0.15, 0.2) is 10.2 Å². The second-order valence-electron chi connectivity index (χ2n) is 1.79. The van der Waals surface area contributed by atoms with Crippen molar-refractivity contribution in [2.45, 2.75) is 12.6 Å². The molecule has 0 saturated carbocycles. The van der Waals surface area contributed by atoms with Crippen molar-refractivity contribution in [3.05, 3.63) is 0 Å². The van der Waals surface area contributed by atoms with Crippen LogP contribution in [0.4, 0.5) is 0 Å². The number of carbonyl (C=O) groups excluding carboxylic acids is 2. The molecule has 0 spiro atoms. The Morgan fingerprint density at radius 1 is 1.44 bits per heavy atom. The quantitative estimate of drug-likeness (QED) is 0.493. The van der Waals surface area contributed by atoms with E-state index < -0.39 is 17.4 Å². The summed E-state index contributed by atoms with van der Waals surface area (Å²) in [5, 5.41) is 6.47. The van der Waals surface area contributed by atoms with Gasteiger partial charge in [0.2, 0.25) is 0 Å². The smallest absolute Gasteiger partial charge is 0.324 e. The average molecular weight is 127 g/mol. The number of carbonyl (C=O) groups is 2. The van der Waals surface area contributed by atoms with E-state index in [1.54, 1.807) is 0 Å². The minimum Gasteiger partial charge on any atom is -0.365 e. The van der Waals surface area contributed by atoms with Crippen LogP contribution in [0.25, 0.3) is 0 Å². The molecule has 0 aromatic heterocycles. The molecule has 0 aliphatic carbocycles. The fraction of sp³-hybridized carbons (Fsp3) is 0.500. The molecule has 5 nitrogen and oxygen atoms in total. The molecule has 48 valence electrons. The molecule has 1 aliphatic heterocycles. The lowest BCUT2D eigenvalue weighted by Gasteiger charge is -1.96. The number of rotatable bonds is 2. The highest BCUT2D eigenvalue weighted by Gasteiger charge is 2.52. The van der Waals surface area contributed by atoms with Gasteiger partial charge in [-0.05, 0) is 6.92 Å². The summed E-state index contributed by atoms with van der Waals surface area (Å²) in [7, 11) is 0. The summed E-state index contributed by atoms with van der Waals surface area (Å²) in [6, 6.07) is 0. The Morgan fingerprint density at radius 3 is 1.89 bits per heavy atom. The van der Waals surface area contributed by atoms with Gasteiger partial charge in [-0.15, -0.1) is 10.2 Å². The number of hydrogen-bond donors (Lipinski definition) is 1. The normalized spacial score (nSPS) is 19.2. The predicted molar refractivity (Wildman–Crippen MR) is 27.5 cm³/mol. The lowest BCUT2D eigenvalue weighted by Crippen LogP contribution is -2.37. The predicted octanol–water partition coefficient (Wildman–Crippen LogP) is -0.777. The van der Waals surface area contributed by atoms with Gasteiger partial charge < -0.3 is 5.73 Å². The maximum atomic E-state index is 10.5. The van der Waals surface area contributed by atoms with Crippen molar-refractivity contribution in [1.29, 1.82) is 0 Å². The van der Waals surface area contributed by atoms with Crippen LogP contribution in [-0.2, 0) is 9.59 Å². The highest BCUT2D eigenvalue weighted by atomic mass is 16.2. The molecule has 0 fully saturated rings. The molecular weight excluding hydrogens is 122 g/mol. The molecule has 0 aromatic carbocycles. The zero-order chi connectivity index (χ0) is 7.07. The molecule has 0 aromatic rings. The van der Waals surface area contributed by atoms with Crippen LogP contribution < -0.4 is 5.73 Å². The summed E-state index contributed by atoms with van der Waals surface area (Å²) in [5.41, 5.74) is 3.29. The number of ketones is 1. The monoisotopic (exact) mass is 127 g/mol. The van der Waals surface area contributed by atoms with E-state index in [1.807, 2.05) is 0 Å². The Labute approximate surface area is 50.9 Å². The Balaban J connectivity index is 2.77. The van der Waals surface area contributed by atoms with Crippen molar-refractivity contribution in [1.82, 2.24) is 0 Å². The average Bonchev–Trinajstić information content (AvgIpc) is 2.40. The van der Waals surface area contributed by atoms with Gasteiger partial charge in [0.25, 0.3) is 5.91 Å². The molecular formula is C4H5N3O2. The molecule has 2 N–H and O–H groups in total. The Kier molecular flexibility index (Phi) is 0.892. The van der Waals surface area contributed by atoms with Gasteiger partial charge in [-0.3, -0.25) is 9.59 Å². The second-order valence-corrected chi connectivity index (χ2v) is 1.79. The first-order valence-electron chi connectivity index (χ1n) is 2.34. The molecule has 0 atom stereocenters. The van der Waals surface area contributed by atoms with E-state index in [0.717, 1.165) is 0 Å². The van der Waals surface area contributed by atoms with Crippen molar-refractivity contribution >= 4 is 11.7 Å². The Bertz CT molecular complexity index is 186. The summed E-state index contributed by atoms with van der Waals surface area (Å²) in [6.45, 7) is 1.23. The molecule has 0 saturated heterocycles. The van der Waals surface area contributed by atoms with Crippen LogP contribution in [0, 0.1) is 0 Å². The lowest BCUT2D eigenvalue weighted by atomic mass is 10.1. The Hall–Kier alpha value is -1.26. The number of hydrogen-bond acceptors (Lipinski definition) is 4. The fourth-order valence-corrected chi connectivity index (χ4v) is 0.463. The van der Waals surface area contributed by atoms with Gasteiger partial charge in [0.1, 0.15) is 0 Å². The third-order valence-corrected chi connectivity index (χ3v) is 1.13. The third-order valence-electron chi connectivity index (χ3n) is 1.13. The first-order chi connectivity index (χ1) is 4.09. The third kappa shape index (κ3) is 0.611. The molecule has 1 rings (SSSR count). The number of nitrogens with two attached hydrogens (primary N) is 1. The summed E-state index contributed by atoms with van der Waals surface area (Å²) in [6.07, 6.45) is 0. The molecule has 0 radical (unpaired) electrons. The van der Waals surface area contributed by atoms with E-state index in [0.29, 0.717) is 0 Å².